The van der Waals surface area contributed by atoms with Crippen LogP contribution in [-0.2, 0) is 19.1 Å². The van der Waals surface area contributed by atoms with Crippen molar-refractivity contribution in [1.82, 2.24) is 5.32 Å². The van der Waals surface area contributed by atoms with Gasteiger partial charge in [-0.1, -0.05) is 32.0 Å². The molecule has 0 bridgehead atoms. The third-order valence-corrected chi connectivity index (χ3v) is 4.08. The van der Waals surface area contributed by atoms with E-state index in [9.17, 15) is 19.7 Å². The largest absolute Gasteiger partial charge is 0.428 e. The number of benzene rings is 1. The maximum Gasteiger partial charge on any atom is 0.307 e. The molecule has 8 heteroatoms. The van der Waals surface area contributed by atoms with Crippen LogP contribution < -0.4 is 5.32 Å². The van der Waals surface area contributed by atoms with Crippen LogP contribution in [0.5, 0.6) is 0 Å². The lowest BCUT2D eigenvalue weighted by Gasteiger charge is -2.31. The highest BCUT2D eigenvalue weighted by Crippen LogP contribution is 2.43. The molecule has 1 heterocycles. The molecule has 0 amide bonds. The van der Waals surface area contributed by atoms with E-state index in [4.69, 9.17) is 9.47 Å². The second-order valence-electron chi connectivity index (χ2n) is 5.95. The highest BCUT2D eigenvalue weighted by Gasteiger charge is 2.38. The normalized spacial score (nSPS) is 14.7. The number of nitrogens with one attached hydrogen (secondary N) is 1. The summed E-state index contributed by atoms with van der Waals surface area (Å²) in [6.45, 7) is 6.24. The summed E-state index contributed by atoms with van der Waals surface area (Å²) >= 11 is 0. The molecule has 0 spiro atoms. The van der Waals surface area contributed by atoms with Crippen molar-refractivity contribution >= 4 is 17.6 Å². The fourth-order valence-electron chi connectivity index (χ4n) is 3.03. The lowest BCUT2D eigenvalue weighted by Crippen LogP contribution is -2.30. The second kappa shape index (κ2) is 8.48. The van der Waals surface area contributed by atoms with E-state index in [0.717, 1.165) is 0 Å². The maximum absolute atomic E-state index is 11.7. The lowest BCUT2D eigenvalue weighted by molar-refractivity contribution is -0.385. The van der Waals surface area contributed by atoms with Crippen LogP contribution >= 0.6 is 0 Å². The van der Waals surface area contributed by atoms with E-state index in [2.05, 4.69) is 5.32 Å². The molecule has 2 rings (SSSR count). The Kier molecular flexibility index (Phi) is 6.33. The lowest BCUT2D eigenvalue weighted by atomic mass is 9.88. The molecular weight excluding hydrogens is 352 g/mol. The first kappa shape index (κ1) is 20.2. The van der Waals surface area contributed by atoms with Gasteiger partial charge in [-0.05, 0) is 12.8 Å². The quantitative estimate of drug-likeness (QED) is 0.460. The van der Waals surface area contributed by atoms with Gasteiger partial charge in [-0.2, -0.15) is 0 Å². The number of para-hydroxylation sites is 1. The first-order valence-corrected chi connectivity index (χ1v) is 8.63. The molecule has 1 aliphatic rings. The number of allylic oxidation sites excluding steroid dienone is 2. The zero-order chi connectivity index (χ0) is 20.1. The Balaban J connectivity index is 2.79. The minimum absolute atomic E-state index is 0.149. The molecule has 0 aromatic heterocycles. The number of dihydropyridines is 1. The smallest absolute Gasteiger partial charge is 0.307 e. The van der Waals surface area contributed by atoms with Crippen LogP contribution in [0.4, 0.5) is 5.69 Å². The molecule has 144 valence electrons. The predicted octanol–water partition coefficient (Wildman–Crippen LogP) is 3.65. The predicted molar refractivity (Wildman–Crippen MR) is 97.1 cm³/mol. The van der Waals surface area contributed by atoms with E-state index < -0.39 is 22.8 Å². The van der Waals surface area contributed by atoms with Crippen LogP contribution in [0.1, 0.15) is 52.0 Å². The molecule has 1 aromatic rings. The number of esters is 2. The number of carbonyl (C=O) groups is 2. The van der Waals surface area contributed by atoms with Crippen molar-refractivity contribution in [3.05, 3.63) is 62.9 Å². The molecule has 0 fully saturated rings. The number of hydrogen-bond donors (Lipinski definition) is 1. The van der Waals surface area contributed by atoms with Crippen LogP contribution in [0.15, 0.2) is 47.2 Å². The number of ether oxygens (including phenoxy) is 2. The van der Waals surface area contributed by atoms with Crippen LogP contribution in [0.3, 0.4) is 0 Å². The number of rotatable bonds is 6. The van der Waals surface area contributed by atoms with Crippen LogP contribution in [0.2, 0.25) is 0 Å². The molecule has 1 N–H and O–H groups in total. The number of nitro benzene ring substituents is 1. The minimum Gasteiger partial charge on any atom is -0.428 e. The summed E-state index contributed by atoms with van der Waals surface area (Å²) in [4.78, 5) is 34.5. The average Bonchev–Trinajstić information content (AvgIpc) is 2.61. The molecular formula is C19H22N2O6. The second-order valence-corrected chi connectivity index (χ2v) is 5.95. The van der Waals surface area contributed by atoms with Crippen molar-refractivity contribution < 1.29 is 24.0 Å². The Morgan fingerprint density at radius 3 is 1.93 bits per heavy atom. The van der Waals surface area contributed by atoms with Gasteiger partial charge in [-0.25, -0.2) is 0 Å². The molecule has 0 radical (unpaired) electrons. The van der Waals surface area contributed by atoms with E-state index in [1.807, 2.05) is 13.8 Å². The van der Waals surface area contributed by atoms with E-state index >= 15 is 0 Å². The number of nitro groups is 1. The SMILES string of the molecule is CCC1=C(OC(C)=O)C(c2ccccc2[N+](=O)[O-])C(OC(C)=O)=C(CC)N1. The molecule has 8 nitrogen and oxygen atoms in total. The monoisotopic (exact) mass is 374 g/mol. The Labute approximate surface area is 157 Å². The molecule has 1 aliphatic heterocycles. The van der Waals surface area contributed by atoms with Crippen molar-refractivity contribution in [2.75, 3.05) is 0 Å². The number of carbonyl (C=O) groups excluding carboxylic acids is 2. The van der Waals surface area contributed by atoms with Crippen LogP contribution in [-0.4, -0.2) is 16.9 Å². The highest BCUT2D eigenvalue weighted by molar-refractivity contribution is 5.70. The average molecular weight is 374 g/mol. The number of nitrogens with zero attached hydrogens (tertiary/aromatic N) is 1. The van der Waals surface area contributed by atoms with Gasteiger partial charge >= 0.3 is 11.9 Å². The van der Waals surface area contributed by atoms with Gasteiger partial charge < -0.3 is 14.8 Å². The van der Waals surface area contributed by atoms with Gasteiger partial charge in [0.15, 0.2) is 0 Å². The summed E-state index contributed by atoms with van der Waals surface area (Å²) in [5.74, 6) is -1.61. The highest BCUT2D eigenvalue weighted by atomic mass is 16.6. The molecule has 1 aromatic carbocycles. The van der Waals surface area contributed by atoms with Gasteiger partial charge in [0.25, 0.3) is 5.69 Å². The van der Waals surface area contributed by atoms with Crippen molar-refractivity contribution in [3.8, 4) is 0 Å². The zero-order valence-electron chi connectivity index (χ0n) is 15.7. The van der Waals surface area contributed by atoms with Crippen LogP contribution in [0.25, 0.3) is 0 Å². The van der Waals surface area contributed by atoms with Gasteiger partial charge in [-0.15, -0.1) is 0 Å². The topological polar surface area (TPSA) is 108 Å². The fraction of sp³-hybridized carbons (Fsp3) is 0.368. The molecule has 27 heavy (non-hydrogen) atoms. The van der Waals surface area contributed by atoms with Gasteiger partial charge in [-0.3, -0.25) is 19.7 Å². The summed E-state index contributed by atoms with van der Waals surface area (Å²) < 4.78 is 10.9. The first-order valence-electron chi connectivity index (χ1n) is 8.63. The zero-order valence-corrected chi connectivity index (χ0v) is 15.7. The Bertz CT molecular complexity index is 800. The molecule has 0 saturated carbocycles. The number of hydrogen-bond acceptors (Lipinski definition) is 7. The van der Waals surface area contributed by atoms with Crippen molar-refractivity contribution in [1.29, 1.82) is 0 Å². The van der Waals surface area contributed by atoms with Crippen molar-refractivity contribution in [3.63, 3.8) is 0 Å². The molecule has 0 atom stereocenters. The van der Waals surface area contributed by atoms with E-state index in [-0.39, 0.29) is 22.8 Å². The third kappa shape index (κ3) is 4.33. The Hall–Kier alpha value is -3.16. The van der Waals surface area contributed by atoms with E-state index in [0.29, 0.717) is 24.2 Å². The van der Waals surface area contributed by atoms with E-state index in [1.54, 1.807) is 18.2 Å². The van der Waals surface area contributed by atoms with Gasteiger partial charge in [0, 0.05) is 25.5 Å². The molecule has 0 unspecified atom stereocenters. The van der Waals surface area contributed by atoms with Gasteiger partial charge in [0.2, 0.25) is 0 Å². The Morgan fingerprint density at radius 1 is 1.04 bits per heavy atom. The summed E-state index contributed by atoms with van der Waals surface area (Å²) in [6.07, 6.45) is 0.993. The van der Waals surface area contributed by atoms with Crippen molar-refractivity contribution in [2.45, 2.75) is 46.5 Å². The molecule has 0 saturated heterocycles. The van der Waals surface area contributed by atoms with Crippen molar-refractivity contribution in [2.24, 2.45) is 0 Å². The van der Waals surface area contributed by atoms with Gasteiger partial charge in [0.1, 0.15) is 17.4 Å². The summed E-state index contributed by atoms with van der Waals surface area (Å²) in [7, 11) is 0. The van der Waals surface area contributed by atoms with Gasteiger partial charge in [0.05, 0.1) is 16.3 Å². The minimum atomic E-state index is -0.884. The van der Waals surface area contributed by atoms with E-state index in [1.165, 1.54) is 19.9 Å². The summed E-state index contributed by atoms with van der Waals surface area (Å²) in [5, 5.41) is 14.7. The third-order valence-electron chi connectivity index (χ3n) is 4.08. The molecule has 0 aliphatic carbocycles. The Morgan fingerprint density at radius 2 is 1.52 bits per heavy atom. The first-order chi connectivity index (χ1) is 12.8. The summed E-state index contributed by atoms with van der Waals surface area (Å²) in [6, 6.07) is 6.14. The van der Waals surface area contributed by atoms with Crippen LogP contribution in [0, 0.1) is 10.1 Å². The summed E-state index contributed by atoms with van der Waals surface area (Å²) in [5.41, 5.74) is 1.36. The maximum atomic E-state index is 11.7. The standard InChI is InChI=1S/C19H22N2O6/c1-5-14-18(26-11(3)22)17(13-9-7-8-10-16(13)21(24)25)19(27-12(4)23)15(6-2)20-14/h7-10,17,20H,5-6H2,1-4H3. The fourth-order valence-corrected chi connectivity index (χ4v) is 3.03.